The van der Waals surface area contributed by atoms with Crippen LogP contribution in [0.4, 0.5) is 4.79 Å². The number of carbonyl (C=O) groups is 1. The van der Waals surface area contributed by atoms with Crippen molar-refractivity contribution in [3.8, 4) is 5.75 Å². The molecule has 1 amide bonds. The van der Waals surface area contributed by atoms with Crippen molar-refractivity contribution in [2.45, 2.75) is 39.8 Å². The van der Waals surface area contributed by atoms with Crippen LogP contribution >= 0.6 is 0 Å². The summed E-state index contributed by atoms with van der Waals surface area (Å²) in [6, 6.07) is 7.56. The van der Waals surface area contributed by atoms with E-state index in [-0.39, 0.29) is 37.0 Å². The van der Waals surface area contributed by atoms with Crippen LogP contribution in [0.1, 0.15) is 33.3 Å². The van der Waals surface area contributed by atoms with E-state index in [2.05, 4.69) is 0 Å². The van der Waals surface area contributed by atoms with Crippen LogP contribution in [0.15, 0.2) is 24.3 Å². The number of hydrogen-bond acceptors (Lipinski definition) is 3. The molecule has 0 saturated heterocycles. The largest absolute Gasteiger partial charge is 1.00 e. The Balaban J connectivity index is 0.00000361. The zero-order chi connectivity index (χ0) is 14.4. The van der Waals surface area contributed by atoms with Crippen LogP contribution in [-0.4, -0.2) is 30.2 Å². The number of nitrogens with zero attached hydrogens (tertiary/aromatic N) is 1. The summed E-state index contributed by atoms with van der Waals surface area (Å²) < 4.78 is 10.3. The summed E-state index contributed by atoms with van der Waals surface area (Å²) in [5, 5.41) is 0. The first-order chi connectivity index (χ1) is 8.95. The van der Waals surface area contributed by atoms with Gasteiger partial charge in [-0.3, -0.25) is 0 Å². The molecule has 0 saturated carbocycles. The van der Waals surface area contributed by atoms with E-state index < -0.39 is 0 Å². The SMILES string of the molecule is COc1cccc([CH-]OC(=O)N(C(C)C)C(C)C)c1.[Li+]. The van der Waals surface area contributed by atoms with E-state index in [0.29, 0.717) is 0 Å². The molecule has 0 aromatic heterocycles. The van der Waals surface area contributed by atoms with E-state index in [1.165, 1.54) is 6.61 Å². The molecule has 20 heavy (non-hydrogen) atoms. The van der Waals surface area contributed by atoms with E-state index in [1.807, 2.05) is 52.0 Å². The van der Waals surface area contributed by atoms with Crippen LogP contribution in [-0.2, 0) is 4.74 Å². The van der Waals surface area contributed by atoms with Gasteiger partial charge in [0.05, 0.1) is 12.9 Å². The van der Waals surface area contributed by atoms with Crippen LogP contribution in [0.3, 0.4) is 0 Å². The summed E-state index contributed by atoms with van der Waals surface area (Å²) in [5.41, 5.74) is 0.792. The summed E-state index contributed by atoms with van der Waals surface area (Å²) >= 11 is 0. The minimum atomic E-state index is -0.340. The van der Waals surface area contributed by atoms with Crippen LogP contribution in [0.5, 0.6) is 5.75 Å². The summed E-state index contributed by atoms with van der Waals surface area (Å²) in [5.74, 6) is 0.731. The van der Waals surface area contributed by atoms with Gasteiger partial charge < -0.3 is 14.4 Å². The average Bonchev–Trinajstić information content (AvgIpc) is 2.35. The van der Waals surface area contributed by atoms with E-state index in [0.717, 1.165) is 11.3 Å². The predicted molar refractivity (Wildman–Crippen MR) is 75.0 cm³/mol. The van der Waals surface area contributed by atoms with Crippen molar-refractivity contribution in [1.82, 2.24) is 4.90 Å². The second-order valence-electron chi connectivity index (χ2n) is 4.87. The number of hydrogen-bond donors (Lipinski definition) is 0. The van der Waals surface area contributed by atoms with Gasteiger partial charge in [0.15, 0.2) is 0 Å². The van der Waals surface area contributed by atoms with Gasteiger partial charge in [-0.15, -0.1) is 12.1 Å². The predicted octanol–water partition coefficient (Wildman–Crippen LogP) is 0.464. The van der Waals surface area contributed by atoms with E-state index in [1.54, 1.807) is 12.0 Å². The fourth-order valence-corrected chi connectivity index (χ4v) is 1.91. The summed E-state index contributed by atoms with van der Waals surface area (Å²) in [7, 11) is 1.60. The molecule has 0 heterocycles. The van der Waals surface area contributed by atoms with Crippen LogP contribution in [0.2, 0.25) is 0 Å². The molecule has 0 aliphatic rings. The molecule has 1 rings (SSSR count). The minimum Gasteiger partial charge on any atom is -0.510 e. The second-order valence-corrected chi connectivity index (χ2v) is 4.87. The van der Waals surface area contributed by atoms with Crippen molar-refractivity contribution >= 4 is 6.09 Å². The third-order valence-electron chi connectivity index (χ3n) is 2.71. The molecule has 1 aromatic rings. The number of carbonyl (C=O) groups excluding carboxylic acids is 1. The molecule has 0 fully saturated rings. The first-order valence-corrected chi connectivity index (χ1v) is 6.42. The van der Waals surface area contributed by atoms with Crippen molar-refractivity contribution in [1.29, 1.82) is 0 Å². The normalized spacial score (nSPS) is 9.95. The van der Waals surface area contributed by atoms with Gasteiger partial charge in [-0.05, 0) is 40.4 Å². The maximum atomic E-state index is 12.0. The van der Waals surface area contributed by atoms with Crippen LogP contribution < -0.4 is 23.6 Å². The average molecular weight is 271 g/mol. The molecule has 0 aliphatic carbocycles. The summed E-state index contributed by atoms with van der Waals surface area (Å²) in [6.45, 7) is 9.31. The van der Waals surface area contributed by atoms with Gasteiger partial charge in [-0.2, -0.15) is 11.6 Å². The molecule has 0 aliphatic heterocycles. The van der Waals surface area contributed by atoms with E-state index >= 15 is 0 Å². The zero-order valence-corrected chi connectivity index (χ0v) is 13.2. The number of benzene rings is 1. The quantitative estimate of drug-likeness (QED) is 0.577. The zero-order valence-electron chi connectivity index (χ0n) is 13.2. The molecule has 106 valence electrons. The number of amides is 1. The van der Waals surface area contributed by atoms with E-state index in [9.17, 15) is 4.79 Å². The topological polar surface area (TPSA) is 38.8 Å². The fraction of sp³-hybridized carbons (Fsp3) is 0.467. The Labute approximate surface area is 133 Å². The molecule has 1 aromatic carbocycles. The molecule has 0 N–H and O–H groups in total. The molecule has 0 spiro atoms. The number of rotatable bonds is 5. The van der Waals surface area contributed by atoms with Crippen molar-refractivity contribution in [2.24, 2.45) is 0 Å². The van der Waals surface area contributed by atoms with Gasteiger partial charge >= 0.3 is 25.0 Å². The smallest absolute Gasteiger partial charge is 0.510 e. The minimum absolute atomic E-state index is 0. The molecule has 0 bridgehead atoms. The monoisotopic (exact) mass is 271 g/mol. The Morgan fingerprint density at radius 1 is 1.20 bits per heavy atom. The fourth-order valence-electron chi connectivity index (χ4n) is 1.91. The van der Waals surface area contributed by atoms with Gasteiger partial charge in [0.1, 0.15) is 0 Å². The summed E-state index contributed by atoms with van der Waals surface area (Å²) in [4.78, 5) is 13.7. The molecule has 0 radical (unpaired) electrons. The molecule has 0 unspecified atom stereocenters. The van der Waals surface area contributed by atoms with Crippen LogP contribution in [0, 0.1) is 6.61 Å². The van der Waals surface area contributed by atoms with E-state index in [4.69, 9.17) is 9.47 Å². The Kier molecular flexibility index (Phi) is 8.29. The Bertz CT molecular complexity index is 413. The van der Waals surface area contributed by atoms with Gasteiger partial charge in [-0.25, -0.2) is 4.79 Å². The van der Waals surface area contributed by atoms with Gasteiger partial charge in [0.25, 0.3) is 0 Å². The van der Waals surface area contributed by atoms with Crippen molar-refractivity contribution in [3.63, 3.8) is 0 Å². The Morgan fingerprint density at radius 3 is 2.30 bits per heavy atom. The van der Waals surface area contributed by atoms with Crippen molar-refractivity contribution in [2.75, 3.05) is 7.11 Å². The summed E-state index contributed by atoms with van der Waals surface area (Å²) in [6.07, 6.45) is -0.340. The maximum absolute atomic E-state index is 12.0. The molecule has 5 heteroatoms. The third-order valence-corrected chi connectivity index (χ3v) is 2.71. The van der Waals surface area contributed by atoms with Gasteiger partial charge in [0, 0.05) is 12.1 Å². The third kappa shape index (κ3) is 5.40. The molecular weight excluding hydrogens is 249 g/mol. The first-order valence-electron chi connectivity index (χ1n) is 6.42. The molecular formula is C15H22LiNO3. The second kappa shape index (κ2) is 8.83. The molecule has 0 atom stereocenters. The first kappa shape index (κ1) is 18.8. The van der Waals surface area contributed by atoms with Gasteiger partial charge in [0.2, 0.25) is 0 Å². The standard InChI is InChI=1S/C15H22NO3.Li/c1-11(2)16(12(3)4)15(17)19-10-13-7-6-8-14(9-13)18-5;/h6-12H,1-5H3;/q-1;+1. The van der Waals surface area contributed by atoms with Crippen LogP contribution in [0.25, 0.3) is 0 Å². The number of ether oxygens (including phenoxy) is 2. The van der Waals surface area contributed by atoms with Gasteiger partial charge in [-0.1, -0.05) is 0 Å². The van der Waals surface area contributed by atoms with Crippen molar-refractivity contribution < 1.29 is 33.1 Å². The Hall–Kier alpha value is -1.24. The Morgan fingerprint density at radius 2 is 1.80 bits per heavy atom. The maximum Gasteiger partial charge on any atom is 1.00 e. The molecule has 4 nitrogen and oxygen atoms in total. The van der Waals surface area contributed by atoms with Crippen molar-refractivity contribution in [3.05, 3.63) is 36.4 Å². The number of methoxy groups -OCH3 is 1.